The summed E-state index contributed by atoms with van der Waals surface area (Å²) in [6, 6.07) is 13.6. The van der Waals surface area contributed by atoms with Crippen molar-refractivity contribution in [3.63, 3.8) is 0 Å². The highest BCUT2D eigenvalue weighted by Gasteiger charge is 2.15. The van der Waals surface area contributed by atoms with Crippen molar-refractivity contribution < 1.29 is 4.39 Å². The lowest BCUT2D eigenvalue weighted by atomic mass is 10.2. The van der Waals surface area contributed by atoms with Crippen LogP contribution in [0.25, 0.3) is 32.9 Å². The number of nitrogens with zero attached hydrogens (tertiary/aromatic N) is 7. The topological polar surface area (TPSA) is 85.8 Å². The number of hydrogen-bond donors (Lipinski definition) is 1. The molecule has 0 spiro atoms. The number of nitrogens with one attached hydrogen (secondary N) is 1. The third-order valence-corrected chi connectivity index (χ3v) is 5.92. The highest BCUT2D eigenvalue weighted by molar-refractivity contribution is 7.15. The van der Waals surface area contributed by atoms with Crippen molar-refractivity contribution in [3.05, 3.63) is 77.3 Å². The summed E-state index contributed by atoms with van der Waals surface area (Å²) in [6.07, 6.45) is 3.14. The molecule has 156 valence electrons. The number of benzene rings is 2. The van der Waals surface area contributed by atoms with Crippen molar-refractivity contribution in [3.8, 4) is 16.9 Å². The van der Waals surface area contributed by atoms with Gasteiger partial charge in [0.2, 0.25) is 10.9 Å². The van der Waals surface area contributed by atoms with Gasteiger partial charge in [0, 0.05) is 16.0 Å². The van der Waals surface area contributed by atoms with Gasteiger partial charge in [0.15, 0.2) is 5.65 Å². The number of fused-ring (bicyclic) bond motifs is 2. The van der Waals surface area contributed by atoms with Gasteiger partial charge in [0.1, 0.15) is 18.0 Å². The first kappa shape index (κ1) is 18.8. The largest absolute Gasteiger partial charge is 0.307 e. The van der Waals surface area contributed by atoms with Crippen LogP contribution in [0, 0.1) is 5.82 Å². The van der Waals surface area contributed by atoms with E-state index in [2.05, 4.69) is 30.5 Å². The molecule has 8 nitrogen and oxygen atoms in total. The fraction of sp³-hybridized carbons (Fsp3) is 0. The van der Waals surface area contributed by atoms with Crippen molar-refractivity contribution in [1.82, 2.24) is 34.3 Å². The zero-order valence-electron chi connectivity index (χ0n) is 16.1. The molecule has 0 aliphatic rings. The molecular formula is C21H12ClFN8S. The summed E-state index contributed by atoms with van der Waals surface area (Å²) >= 11 is 7.57. The third kappa shape index (κ3) is 3.17. The number of halogens is 2. The summed E-state index contributed by atoms with van der Waals surface area (Å²) in [5, 5.41) is 15.4. The summed E-state index contributed by atoms with van der Waals surface area (Å²) in [4.78, 5) is 14.0. The van der Waals surface area contributed by atoms with Gasteiger partial charge in [0.05, 0.1) is 23.0 Å². The SMILES string of the molecule is Fc1ccc(-c2csc3nc(Nc4ncnc5c4cnn5-c4cccc(Cl)c4)nn23)cc1. The zero-order chi connectivity index (χ0) is 21.7. The van der Waals surface area contributed by atoms with Crippen molar-refractivity contribution in [1.29, 1.82) is 0 Å². The molecule has 4 heterocycles. The van der Waals surface area contributed by atoms with Crippen molar-refractivity contribution in [2.75, 3.05) is 5.32 Å². The maximum atomic E-state index is 13.3. The molecule has 2 aromatic carbocycles. The molecule has 0 radical (unpaired) electrons. The number of aromatic nitrogens is 7. The zero-order valence-corrected chi connectivity index (χ0v) is 17.7. The molecule has 4 aromatic heterocycles. The maximum Gasteiger partial charge on any atom is 0.249 e. The Bertz CT molecular complexity index is 1590. The predicted molar refractivity (Wildman–Crippen MR) is 121 cm³/mol. The summed E-state index contributed by atoms with van der Waals surface area (Å²) < 4.78 is 16.7. The Kier molecular flexibility index (Phi) is 4.33. The first-order valence-corrected chi connectivity index (χ1v) is 10.7. The van der Waals surface area contributed by atoms with E-state index >= 15 is 0 Å². The van der Waals surface area contributed by atoms with E-state index in [9.17, 15) is 4.39 Å². The Morgan fingerprint density at radius 1 is 1.06 bits per heavy atom. The van der Waals surface area contributed by atoms with Crippen molar-refractivity contribution in [2.24, 2.45) is 0 Å². The second kappa shape index (κ2) is 7.36. The van der Waals surface area contributed by atoms with Crippen LogP contribution >= 0.6 is 22.9 Å². The Balaban J connectivity index is 1.37. The molecule has 0 fully saturated rings. The van der Waals surface area contributed by atoms with E-state index in [1.807, 2.05) is 23.6 Å². The molecule has 0 saturated heterocycles. The van der Waals surface area contributed by atoms with Crippen LogP contribution in [0.5, 0.6) is 0 Å². The van der Waals surface area contributed by atoms with E-state index in [1.54, 1.807) is 33.6 Å². The summed E-state index contributed by atoms with van der Waals surface area (Å²) in [7, 11) is 0. The number of hydrogen-bond acceptors (Lipinski definition) is 7. The quantitative estimate of drug-likeness (QED) is 0.391. The Hall–Kier alpha value is -3.89. The lowest BCUT2D eigenvalue weighted by Crippen LogP contribution is -2.00. The van der Waals surface area contributed by atoms with Gasteiger partial charge in [-0.3, -0.25) is 0 Å². The molecule has 0 atom stereocenters. The van der Waals surface area contributed by atoms with Crippen molar-refractivity contribution >= 4 is 50.7 Å². The molecule has 0 aliphatic carbocycles. The first-order chi connectivity index (χ1) is 15.7. The average Bonchev–Trinajstić information content (AvgIpc) is 3.49. The first-order valence-electron chi connectivity index (χ1n) is 9.47. The fourth-order valence-corrected chi connectivity index (χ4v) is 4.42. The lowest BCUT2D eigenvalue weighted by Gasteiger charge is -2.05. The maximum absolute atomic E-state index is 13.3. The van der Waals surface area contributed by atoms with E-state index in [4.69, 9.17) is 11.6 Å². The Morgan fingerprint density at radius 3 is 2.78 bits per heavy atom. The molecule has 0 saturated carbocycles. The van der Waals surface area contributed by atoms with E-state index in [1.165, 1.54) is 29.8 Å². The summed E-state index contributed by atoms with van der Waals surface area (Å²) in [6.45, 7) is 0. The van der Waals surface area contributed by atoms with Crippen LogP contribution in [0.3, 0.4) is 0 Å². The minimum Gasteiger partial charge on any atom is -0.307 e. The lowest BCUT2D eigenvalue weighted by molar-refractivity contribution is 0.628. The minimum absolute atomic E-state index is 0.285. The average molecular weight is 463 g/mol. The van der Waals surface area contributed by atoms with Crippen LogP contribution in [0.15, 0.2) is 66.4 Å². The van der Waals surface area contributed by atoms with Gasteiger partial charge in [-0.15, -0.1) is 16.4 Å². The van der Waals surface area contributed by atoms with Gasteiger partial charge >= 0.3 is 0 Å². The van der Waals surface area contributed by atoms with E-state index < -0.39 is 0 Å². The Labute approximate surface area is 189 Å². The number of anilines is 2. The van der Waals surface area contributed by atoms with Crippen LogP contribution in [0.1, 0.15) is 0 Å². The summed E-state index contributed by atoms with van der Waals surface area (Å²) in [5.41, 5.74) is 3.09. The van der Waals surface area contributed by atoms with Crippen LogP contribution in [0.4, 0.5) is 16.2 Å². The molecule has 0 aliphatic heterocycles. The third-order valence-electron chi connectivity index (χ3n) is 4.87. The van der Waals surface area contributed by atoms with E-state index in [0.717, 1.165) is 16.9 Å². The predicted octanol–water partition coefficient (Wildman–Crippen LogP) is 5.12. The van der Waals surface area contributed by atoms with E-state index in [0.29, 0.717) is 32.8 Å². The standard InChI is InChI=1S/C21H12ClFN8S/c22-13-2-1-3-15(8-13)30-19-16(9-26-30)18(24-11-25-19)27-20-28-21-31(29-20)17(10-32-21)12-4-6-14(23)7-5-12/h1-11H,(H,24,25,27,29). The normalized spacial score (nSPS) is 11.4. The van der Waals surface area contributed by atoms with Gasteiger partial charge in [-0.05, 0) is 42.5 Å². The molecule has 0 amide bonds. The van der Waals surface area contributed by atoms with Gasteiger partial charge in [-0.2, -0.15) is 10.1 Å². The van der Waals surface area contributed by atoms with Crippen LogP contribution < -0.4 is 5.32 Å². The second-order valence-corrected chi connectivity index (χ2v) is 8.15. The highest BCUT2D eigenvalue weighted by atomic mass is 35.5. The molecule has 32 heavy (non-hydrogen) atoms. The monoisotopic (exact) mass is 462 g/mol. The van der Waals surface area contributed by atoms with E-state index in [-0.39, 0.29) is 5.82 Å². The Morgan fingerprint density at radius 2 is 1.94 bits per heavy atom. The molecule has 6 rings (SSSR count). The van der Waals surface area contributed by atoms with Crippen LogP contribution in [0.2, 0.25) is 5.02 Å². The van der Waals surface area contributed by atoms with Gasteiger partial charge in [-0.1, -0.05) is 17.7 Å². The van der Waals surface area contributed by atoms with Crippen LogP contribution in [-0.2, 0) is 0 Å². The van der Waals surface area contributed by atoms with Crippen molar-refractivity contribution in [2.45, 2.75) is 0 Å². The smallest absolute Gasteiger partial charge is 0.249 e. The van der Waals surface area contributed by atoms with Gasteiger partial charge < -0.3 is 5.32 Å². The molecule has 1 N–H and O–H groups in total. The molecule has 0 bridgehead atoms. The van der Waals surface area contributed by atoms with Crippen LogP contribution in [-0.4, -0.2) is 34.3 Å². The van der Waals surface area contributed by atoms with Gasteiger partial charge in [-0.25, -0.2) is 23.6 Å². The highest BCUT2D eigenvalue weighted by Crippen LogP contribution is 2.28. The molecule has 0 unspecified atom stereocenters. The molecule has 11 heteroatoms. The molecule has 6 aromatic rings. The number of rotatable bonds is 4. The summed E-state index contributed by atoms with van der Waals surface area (Å²) in [5.74, 6) is 0.632. The minimum atomic E-state index is -0.285. The number of thiazole rings is 1. The van der Waals surface area contributed by atoms with Gasteiger partial charge in [0.25, 0.3) is 0 Å². The fourth-order valence-electron chi connectivity index (χ4n) is 3.40. The molecular weight excluding hydrogens is 451 g/mol. The second-order valence-electron chi connectivity index (χ2n) is 6.88.